The highest BCUT2D eigenvalue weighted by atomic mass is 16.5. The lowest BCUT2D eigenvalue weighted by molar-refractivity contribution is 0.132. The third-order valence-corrected chi connectivity index (χ3v) is 1.81. The molecule has 0 radical (unpaired) electrons. The van der Waals surface area contributed by atoms with Gasteiger partial charge < -0.3 is 15.4 Å². The van der Waals surface area contributed by atoms with Crippen molar-refractivity contribution in [1.29, 1.82) is 0 Å². The van der Waals surface area contributed by atoms with Crippen LogP contribution in [0.3, 0.4) is 0 Å². The molecule has 0 aliphatic carbocycles. The minimum Gasteiger partial charge on any atom is -0.492 e. The fourth-order valence-corrected chi connectivity index (χ4v) is 1.20. The number of nitrogens with zero attached hydrogens (tertiary/aromatic N) is 1. The molecule has 2 aromatic rings. The minimum atomic E-state index is -0.344. The normalized spacial score (nSPS) is 10.7. The molecule has 1 heterocycles. The largest absolute Gasteiger partial charge is 0.492 e. The van der Waals surface area contributed by atoms with Crippen LogP contribution in [0.4, 0.5) is 0 Å². The molecule has 3 N–H and O–H groups in total. The van der Waals surface area contributed by atoms with Gasteiger partial charge in [0, 0.05) is 0 Å². The van der Waals surface area contributed by atoms with E-state index in [0.717, 1.165) is 0 Å². The SMILES string of the molecule is Oc1c2ccccc2c(O)n1O. The summed E-state index contributed by atoms with van der Waals surface area (Å²) in [6.45, 7) is 0. The monoisotopic (exact) mass is 165 g/mol. The molecule has 0 fully saturated rings. The van der Waals surface area contributed by atoms with Crippen LogP contribution in [-0.4, -0.2) is 20.2 Å². The Morgan fingerprint density at radius 2 is 1.33 bits per heavy atom. The van der Waals surface area contributed by atoms with E-state index >= 15 is 0 Å². The molecule has 0 aliphatic rings. The molecule has 0 saturated carbocycles. The number of aromatic nitrogens is 1. The van der Waals surface area contributed by atoms with E-state index in [-0.39, 0.29) is 11.8 Å². The highest BCUT2D eigenvalue weighted by Crippen LogP contribution is 2.33. The van der Waals surface area contributed by atoms with Gasteiger partial charge in [-0.25, -0.2) is 0 Å². The number of hydrogen-bond donors (Lipinski definition) is 3. The molecule has 0 atom stereocenters. The van der Waals surface area contributed by atoms with E-state index in [9.17, 15) is 10.2 Å². The molecule has 2 rings (SSSR count). The molecular weight excluding hydrogens is 158 g/mol. The molecule has 0 saturated heterocycles. The van der Waals surface area contributed by atoms with Crippen LogP contribution in [0.25, 0.3) is 10.8 Å². The molecule has 0 aliphatic heterocycles. The zero-order valence-corrected chi connectivity index (χ0v) is 6.10. The van der Waals surface area contributed by atoms with Crippen LogP contribution in [-0.2, 0) is 0 Å². The van der Waals surface area contributed by atoms with Crippen LogP contribution < -0.4 is 0 Å². The number of fused-ring (bicyclic) bond motifs is 1. The zero-order valence-electron chi connectivity index (χ0n) is 6.10. The maximum absolute atomic E-state index is 9.23. The Balaban J connectivity index is 2.99. The molecule has 1 aromatic carbocycles. The summed E-state index contributed by atoms with van der Waals surface area (Å²) in [6.07, 6.45) is 0. The average molecular weight is 165 g/mol. The molecule has 62 valence electrons. The number of rotatable bonds is 0. The van der Waals surface area contributed by atoms with Gasteiger partial charge in [-0.1, -0.05) is 12.1 Å². The number of aromatic hydroxyl groups is 2. The quantitative estimate of drug-likeness (QED) is 0.515. The lowest BCUT2D eigenvalue weighted by atomic mass is 10.2. The standard InChI is InChI=1S/C8H7NO3/c10-7-5-3-1-2-4-6(5)8(11)9(7)12/h1-4,10-12H. The zero-order chi connectivity index (χ0) is 8.72. The van der Waals surface area contributed by atoms with Gasteiger partial charge in [0.1, 0.15) is 0 Å². The summed E-state index contributed by atoms with van der Waals surface area (Å²) in [5, 5.41) is 28.4. The fourth-order valence-electron chi connectivity index (χ4n) is 1.20. The van der Waals surface area contributed by atoms with Gasteiger partial charge >= 0.3 is 0 Å². The van der Waals surface area contributed by atoms with Crippen molar-refractivity contribution in [2.45, 2.75) is 0 Å². The topological polar surface area (TPSA) is 65.6 Å². The first-order valence-corrected chi connectivity index (χ1v) is 3.42. The first-order chi connectivity index (χ1) is 5.72. The van der Waals surface area contributed by atoms with E-state index in [1.165, 1.54) is 0 Å². The maximum Gasteiger partial charge on any atom is 0.237 e. The van der Waals surface area contributed by atoms with E-state index in [1.807, 2.05) is 0 Å². The van der Waals surface area contributed by atoms with E-state index in [4.69, 9.17) is 5.21 Å². The van der Waals surface area contributed by atoms with E-state index < -0.39 is 0 Å². The maximum atomic E-state index is 9.23. The summed E-state index contributed by atoms with van der Waals surface area (Å²) in [7, 11) is 0. The summed E-state index contributed by atoms with van der Waals surface area (Å²) in [5.41, 5.74) is 0. The predicted molar refractivity (Wildman–Crippen MR) is 42.5 cm³/mol. The number of hydrogen-bond acceptors (Lipinski definition) is 3. The van der Waals surface area contributed by atoms with Gasteiger partial charge in [-0.15, -0.1) is 4.73 Å². The first-order valence-electron chi connectivity index (χ1n) is 3.42. The Morgan fingerprint density at radius 3 is 1.75 bits per heavy atom. The van der Waals surface area contributed by atoms with Gasteiger partial charge in [0.2, 0.25) is 11.8 Å². The Bertz CT molecular complexity index is 394. The van der Waals surface area contributed by atoms with Gasteiger partial charge in [0.05, 0.1) is 10.8 Å². The van der Waals surface area contributed by atoms with Gasteiger partial charge in [0.25, 0.3) is 0 Å². The van der Waals surface area contributed by atoms with Crippen LogP contribution in [0.5, 0.6) is 11.8 Å². The Kier molecular flexibility index (Phi) is 1.18. The number of benzene rings is 1. The second kappa shape index (κ2) is 2.07. The van der Waals surface area contributed by atoms with Crippen molar-refractivity contribution >= 4 is 10.8 Å². The molecule has 4 nitrogen and oxygen atoms in total. The van der Waals surface area contributed by atoms with Crippen LogP contribution in [0.2, 0.25) is 0 Å². The molecule has 12 heavy (non-hydrogen) atoms. The summed E-state index contributed by atoms with van der Waals surface area (Å²) in [5.74, 6) is -0.689. The second-order valence-electron chi connectivity index (χ2n) is 2.50. The fraction of sp³-hybridized carbons (Fsp3) is 0. The third-order valence-electron chi connectivity index (χ3n) is 1.81. The average Bonchev–Trinajstić information content (AvgIpc) is 2.33. The molecule has 4 heteroatoms. The Hall–Kier alpha value is -1.84. The third kappa shape index (κ3) is 0.661. The summed E-state index contributed by atoms with van der Waals surface area (Å²) in [6, 6.07) is 6.64. The van der Waals surface area contributed by atoms with E-state index in [2.05, 4.69) is 0 Å². The first kappa shape index (κ1) is 6.84. The highest BCUT2D eigenvalue weighted by molar-refractivity contribution is 5.92. The van der Waals surface area contributed by atoms with Crippen molar-refractivity contribution < 1.29 is 15.4 Å². The van der Waals surface area contributed by atoms with Gasteiger partial charge in [-0.2, -0.15) is 0 Å². The second-order valence-corrected chi connectivity index (χ2v) is 2.50. The smallest absolute Gasteiger partial charge is 0.237 e. The molecule has 0 amide bonds. The van der Waals surface area contributed by atoms with Crippen LogP contribution in [0.1, 0.15) is 0 Å². The lowest BCUT2D eigenvalue weighted by Crippen LogP contribution is -1.85. The summed E-state index contributed by atoms with van der Waals surface area (Å²) >= 11 is 0. The minimum absolute atomic E-state index is 0.344. The van der Waals surface area contributed by atoms with Crippen molar-refractivity contribution in [3.05, 3.63) is 24.3 Å². The Morgan fingerprint density at radius 1 is 0.917 bits per heavy atom. The molecule has 0 bridgehead atoms. The molecule has 1 aromatic heterocycles. The molecular formula is C8H7NO3. The van der Waals surface area contributed by atoms with Crippen molar-refractivity contribution in [2.75, 3.05) is 0 Å². The van der Waals surface area contributed by atoms with Crippen LogP contribution >= 0.6 is 0 Å². The van der Waals surface area contributed by atoms with Crippen LogP contribution in [0.15, 0.2) is 24.3 Å². The van der Waals surface area contributed by atoms with E-state index in [1.54, 1.807) is 24.3 Å². The van der Waals surface area contributed by atoms with Crippen molar-refractivity contribution in [3.63, 3.8) is 0 Å². The van der Waals surface area contributed by atoms with E-state index in [0.29, 0.717) is 15.5 Å². The van der Waals surface area contributed by atoms with Crippen molar-refractivity contribution in [3.8, 4) is 11.8 Å². The van der Waals surface area contributed by atoms with Crippen LogP contribution in [0, 0.1) is 0 Å². The molecule has 0 spiro atoms. The van der Waals surface area contributed by atoms with Crippen molar-refractivity contribution in [1.82, 2.24) is 4.73 Å². The predicted octanol–water partition coefficient (Wildman–Crippen LogP) is 1.29. The summed E-state index contributed by atoms with van der Waals surface area (Å²) in [4.78, 5) is 0. The lowest BCUT2D eigenvalue weighted by Gasteiger charge is -1.92. The van der Waals surface area contributed by atoms with Gasteiger partial charge in [0.15, 0.2) is 0 Å². The van der Waals surface area contributed by atoms with Crippen molar-refractivity contribution in [2.24, 2.45) is 0 Å². The Labute approximate surface area is 67.9 Å². The van der Waals surface area contributed by atoms with Gasteiger partial charge in [-0.05, 0) is 12.1 Å². The highest BCUT2D eigenvalue weighted by Gasteiger charge is 2.13. The van der Waals surface area contributed by atoms with Gasteiger partial charge in [-0.3, -0.25) is 0 Å². The summed E-state index contributed by atoms with van der Waals surface area (Å²) < 4.78 is 0.352. The molecule has 0 unspecified atom stereocenters.